The largest absolute Gasteiger partial charge is 0.444 e. The van der Waals surface area contributed by atoms with Crippen molar-refractivity contribution in [3.8, 4) is 11.1 Å². The summed E-state index contributed by atoms with van der Waals surface area (Å²) in [6.45, 7) is 15.3. The summed E-state index contributed by atoms with van der Waals surface area (Å²) in [4.78, 5) is 28.5. The van der Waals surface area contributed by atoms with Crippen LogP contribution in [0.25, 0.3) is 16.8 Å². The zero-order valence-electron chi connectivity index (χ0n) is 23.9. The lowest BCUT2D eigenvalue weighted by molar-refractivity contribution is 0.00586. The van der Waals surface area contributed by atoms with E-state index in [2.05, 4.69) is 69.9 Å². The predicted molar refractivity (Wildman–Crippen MR) is 159 cm³/mol. The summed E-state index contributed by atoms with van der Waals surface area (Å²) in [5, 5.41) is 0. The third-order valence-corrected chi connectivity index (χ3v) is 8.51. The number of ether oxygens (including phenoxy) is 1. The normalized spacial score (nSPS) is 18.2. The van der Waals surface area contributed by atoms with E-state index in [1.807, 2.05) is 31.7 Å². The molecule has 0 aliphatic carbocycles. The Bertz CT molecular complexity index is 1380. The Balaban J connectivity index is 1.10. The highest BCUT2D eigenvalue weighted by molar-refractivity contribution is 5.70. The summed E-state index contributed by atoms with van der Waals surface area (Å²) in [6.07, 6.45) is 4.40. The zero-order chi connectivity index (χ0) is 27.9. The van der Waals surface area contributed by atoms with Crippen LogP contribution >= 0.6 is 0 Å². The van der Waals surface area contributed by atoms with Crippen LogP contribution in [0.4, 0.5) is 10.6 Å². The average Bonchev–Trinajstić information content (AvgIpc) is 2.95. The maximum absolute atomic E-state index is 12.5. The Hall–Kier alpha value is -3.87. The van der Waals surface area contributed by atoms with Gasteiger partial charge in [-0.3, -0.25) is 0 Å². The second-order valence-electron chi connectivity index (χ2n) is 12.5. The van der Waals surface area contributed by atoms with Crippen molar-refractivity contribution in [1.29, 1.82) is 0 Å². The van der Waals surface area contributed by atoms with Crippen molar-refractivity contribution in [1.82, 2.24) is 19.8 Å². The number of hydrogen-bond donors (Lipinski definition) is 0. The second-order valence-corrected chi connectivity index (χ2v) is 12.5. The van der Waals surface area contributed by atoms with E-state index in [1.54, 1.807) is 6.33 Å². The number of amides is 1. The maximum Gasteiger partial charge on any atom is 0.410 e. The number of likely N-dealkylation sites (tertiary alicyclic amines) is 1. The first-order valence-electron chi connectivity index (χ1n) is 14.4. The molecule has 1 aromatic heterocycles. The van der Waals surface area contributed by atoms with Gasteiger partial charge < -0.3 is 19.4 Å². The molecule has 1 amide bonds. The molecule has 0 radical (unpaired) electrons. The minimum absolute atomic E-state index is 0.196. The van der Waals surface area contributed by atoms with Crippen LogP contribution in [0.2, 0.25) is 0 Å². The number of carbonyl (C=O) groups excluding carboxylic acids is 1. The number of hydrogen-bond acceptors (Lipinski definition) is 6. The van der Waals surface area contributed by atoms with Gasteiger partial charge in [-0.2, -0.15) is 0 Å². The van der Waals surface area contributed by atoms with Gasteiger partial charge >= 0.3 is 6.09 Å². The molecule has 2 saturated heterocycles. The monoisotopic (exact) mass is 537 g/mol. The van der Waals surface area contributed by atoms with Crippen molar-refractivity contribution >= 4 is 17.6 Å². The van der Waals surface area contributed by atoms with Gasteiger partial charge in [-0.25, -0.2) is 14.8 Å². The minimum atomic E-state index is -0.462. The lowest BCUT2D eigenvalue weighted by Crippen LogP contribution is -2.61. The molecule has 7 nitrogen and oxygen atoms in total. The second kappa shape index (κ2) is 10.3. The quantitative estimate of drug-likeness (QED) is 0.406. The Morgan fingerprint density at radius 1 is 0.900 bits per heavy atom. The van der Waals surface area contributed by atoms with Gasteiger partial charge in [0, 0.05) is 62.4 Å². The van der Waals surface area contributed by atoms with E-state index in [4.69, 9.17) is 9.72 Å². The highest BCUT2D eigenvalue weighted by Crippen LogP contribution is 2.44. The first-order chi connectivity index (χ1) is 19.2. The number of aromatic nitrogens is 2. The van der Waals surface area contributed by atoms with E-state index < -0.39 is 5.60 Å². The van der Waals surface area contributed by atoms with Crippen LogP contribution in [0.15, 0.2) is 67.5 Å². The van der Waals surface area contributed by atoms with Gasteiger partial charge in [-0.15, -0.1) is 0 Å². The first kappa shape index (κ1) is 26.4. The molecule has 2 fully saturated rings. The molecule has 2 aromatic carbocycles. The third kappa shape index (κ3) is 5.29. The standard InChI is InChI=1S/C33H39N5O2/c1-24(25-10-12-27(13-11-25)26-8-6-5-7-9-26)37-17-14-29-28(20-37)30(35-23-34-29)38-21-33(22-38)15-18-36(19-16-33)31(39)40-32(2,3)4/h5-13,23H,1,14-22H2,2-4H3. The number of fused-ring (bicyclic) bond motifs is 1. The molecule has 0 N–H and O–H groups in total. The Kier molecular flexibility index (Phi) is 6.77. The molecule has 0 atom stereocenters. The van der Waals surface area contributed by atoms with Gasteiger partial charge in [0.1, 0.15) is 17.7 Å². The molecule has 3 aliphatic rings. The van der Waals surface area contributed by atoms with E-state index in [1.165, 1.54) is 16.7 Å². The van der Waals surface area contributed by atoms with Gasteiger partial charge in [-0.1, -0.05) is 61.2 Å². The molecule has 4 heterocycles. The number of nitrogens with zero attached hydrogens (tertiary/aromatic N) is 5. The summed E-state index contributed by atoms with van der Waals surface area (Å²) in [5.74, 6) is 1.06. The SMILES string of the molecule is C=C(c1ccc(-c2ccccc2)cc1)N1CCc2ncnc(N3CC4(CCN(C(=O)OC(C)(C)C)CC4)C3)c2C1. The van der Waals surface area contributed by atoms with Crippen LogP contribution in [0.3, 0.4) is 0 Å². The van der Waals surface area contributed by atoms with Gasteiger partial charge in [0.25, 0.3) is 0 Å². The van der Waals surface area contributed by atoms with Crippen LogP contribution in [-0.4, -0.2) is 64.2 Å². The zero-order valence-corrected chi connectivity index (χ0v) is 23.9. The van der Waals surface area contributed by atoms with E-state index >= 15 is 0 Å². The molecular weight excluding hydrogens is 498 g/mol. The van der Waals surface area contributed by atoms with Crippen molar-refractivity contribution in [3.63, 3.8) is 0 Å². The topological polar surface area (TPSA) is 61.8 Å². The van der Waals surface area contributed by atoms with Crippen LogP contribution in [0.5, 0.6) is 0 Å². The molecule has 0 bridgehead atoms. The highest BCUT2D eigenvalue weighted by atomic mass is 16.6. The minimum Gasteiger partial charge on any atom is -0.444 e. The molecule has 6 rings (SSSR count). The van der Waals surface area contributed by atoms with Crippen molar-refractivity contribution in [2.75, 3.05) is 37.6 Å². The average molecular weight is 538 g/mol. The lowest BCUT2D eigenvalue weighted by atomic mass is 9.72. The molecule has 7 heteroatoms. The fraction of sp³-hybridized carbons (Fsp3) is 0.424. The number of piperidine rings is 1. The Morgan fingerprint density at radius 2 is 1.57 bits per heavy atom. The molecular formula is C33H39N5O2. The molecule has 3 aliphatic heterocycles. The first-order valence-corrected chi connectivity index (χ1v) is 14.4. The lowest BCUT2D eigenvalue weighted by Gasteiger charge is -2.55. The van der Waals surface area contributed by atoms with Gasteiger partial charge in [0.15, 0.2) is 0 Å². The summed E-state index contributed by atoms with van der Waals surface area (Å²) in [6, 6.07) is 19.2. The van der Waals surface area contributed by atoms with Crippen molar-refractivity contribution in [2.24, 2.45) is 5.41 Å². The number of rotatable bonds is 4. The summed E-state index contributed by atoms with van der Waals surface area (Å²) < 4.78 is 5.58. The smallest absolute Gasteiger partial charge is 0.410 e. The van der Waals surface area contributed by atoms with Crippen LogP contribution < -0.4 is 4.90 Å². The molecule has 0 unspecified atom stereocenters. The summed E-state index contributed by atoms with van der Waals surface area (Å²) >= 11 is 0. The highest BCUT2D eigenvalue weighted by Gasteiger charge is 2.47. The summed E-state index contributed by atoms with van der Waals surface area (Å²) in [5.41, 5.74) is 6.75. The molecule has 0 saturated carbocycles. The van der Waals surface area contributed by atoms with E-state index in [0.29, 0.717) is 0 Å². The van der Waals surface area contributed by atoms with Crippen LogP contribution in [0.1, 0.15) is 50.4 Å². The van der Waals surface area contributed by atoms with Crippen LogP contribution in [0, 0.1) is 5.41 Å². The predicted octanol–water partition coefficient (Wildman–Crippen LogP) is 6.01. The van der Waals surface area contributed by atoms with Gasteiger partial charge in [0.2, 0.25) is 0 Å². The van der Waals surface area contributed by atoms with Crippen LogP contribution in [-0.2, 0) is 17.7 Å². The van der Waals surface area contributed by atoms with Crippen molar-refractivity contribution in [3.05, 3.63) is 84.3 Å². The van der Waals surface area contributed by atoms with Gasteiger partial charge in [-0.05, 0) is 50.3 Å². The Morgan fingerprint density at radius 3 is 2.25 bits per heavy atom. The fourth-order valence-electron chi connectivity index (χ4n) is 6.22. The summed E-state index contributed by atoms with van der Waals surface area (Å²) in [7, 11) is 0. The third-order valence-electron chi connectivity index (χ3n) is 8.51. The molecule has 40 heavy (non-hydrogen) atoms. The molecule has 1 spiro atoms. The van der Waals surface area contributed by atoms with E-state index in [9.17, 15) is 4.79 Å². The van der Waals surface area contributed by atoms with Crippen molar-refractivity contribution < 1.29 is 9.53 Å². The Labute approximate surface area is 237 Å². The maximum atomic E-state index is 12.5. The number of anilines is 1. The number of carbonyl (C=O) groups is 1. The fourth-order valence-corrected chi connectivity index (χ4v) is 6.22. The molecule has 3 aromatic rings. The number of benzene rings is 2. The van der Waals surface area contributed by atoms with E-state index in [0.717, 1.165) is 81.3 Å². The van der Waals surface area contributed by atoms with Crippen molar-refractivity contribution in [2.45, 2.75) is 52.2 Å². The molecule has 208 valence electrons. The van der Waals surface area contributed by atoms with Gasteiger partial charge in [0.05, 0.1) is 5.69 Å². The van der Waals surface area contributed by atoms with E-state index in [-0.39, 0.29) is 11.5 Å².